The van der Waals surface area contributed by atoms with Gasteiger partial charge in [0.05, 0.1) is 5.69 Å². The van der Waals surface area contributed by atoms with E-state index in [1.807, 2.05) is 0 Å². The maximum Gasteiger partial charge on any atom is 0.277 e. The Balaban J connectivity index is 2.98. The number of carbonyl (C=O) groups excluding carboxylic acids is 1. The molecule has 0 fully saturated rings. The van der Waals surface area contributed by atoms with Gasteiger partial charge in [-0.15, -0.1) is 11.3 Å². The number of primary amides is 1. The highest BCUT2D eigenvalue weighted by Gasteiger charge is 2.02. The molecule has 4 heteroatoms. The number of carbonyl (C=O) groups is 1. The zero-order valence-electron chi connectivity index (χ0n) is 4.63. The van der Waals surface area contributed by atoms with E-state index in [1.54, 1.807) is 5.38 Å². The minimum absolute atomic E-state index is 0.319. The molecule has 1 radical (unpaired) electrons. The Morgan fingerprint density at radius 3 is 2.78 bits per heavy atom. The van der Waals surface area contributed by atoms with Gasteiger partial charge in [0, 0.05) is 5.38 Å². The van der Waals surface area contributed by atoms with Crippen LogP contribution in [0.4, 0.5) is 0 Å². The standard InChI is InChI=1S/C5H5N2OS/c1-3-2-9-5(7-3)4(6)8/h2H,1H2,(H2,6,8). The van der Waals surface area contributed by atoms with Crippen LogP contribution in [0.5, 0.6) is 0 Å². The highest BCUT2D eigenvalue weighted by molar-refractivity contribution is 7.11. The van der Waals surface area contributed by atoms with Gasteiger partial charge in [-0.25, -0.2) is 4.98 Å². The summed E-state index contributed by atoms with van der Waals surface area (Å²) in [4.78, 5) is 14.1. The van der Waals surface area contributed by atoms with Crippen LogP contribution in [0.15, 0.2) is 5.38 Å². The molecule has 1 aromatic heterocycles. The second kappa shape index (κ2) is 2.14. The maximum atomic E-state index is 10.4. The van der Waals surface area contributed by atoms with E-state index in [-0.39, 0.29) is 0 Å². The van der Waals surface area contributed by atoms with Crippen LogP contribution in [0.2, 0.25) is 0 Å². The molecular weight excluding hydrogens is 136 g/mol. The van der Waals surface area contributed by atoms with E-state index in [0.29, 0.717) is 10.7 Å². The van der Waals surface area contributed by atoms with Crippen molar-refractivity contribution in [3.8, 4) is 0 Å². The number of nitrogens with zero attached hydrogens (tertiary/aromatic N) is 1. The SMILES string of the molecule is [CH2]c1csc(C(N)=O)n1. The van der Waals surface area contributed by atoms with Crippen molar-refractivity contribution in [1.82, 2.24) is 4.98 Å². The molecule has 1 amide bonds. The Hall–Kier alpha value is -0.900. The number of hydrogen-bond acceptors (Lipinski definition) is 3. The maximum absolute atomic E-state index is 10.4. The van der Waals surface area contributed by atoms with Gasteiger partial charge in [0.25, 0.3) is 5.91 Å². The van der Waals surface area contributed by atoms with Crippen LogP contribution >= 0.6 is 11.3 Å². The van der Waals surface area contributed by atoms with Crippen LogP contribution in [0, 0.1) is 6.92 Å². The summed E-state index contributed by atoms with van der Waals surface area (Å²) < 4.78 is 0. The second-order valence-electron chi connectivity index (χ2n) is 1.51. The minimum Gasteiger partial charge on any atom is -0.364 e. The summed E-state index contributed by atoms with van der Waals surface area (Å²) in [6, 6.07) is 0. The molecule has 1 rings (SSSR count). The van der Waals surface area contributed by atoms with E-state index in [4.69, 9.17) is 5.73 Å². The molecule has 47 valence electrons. The van der Waals surface area contributed by atoms with Gasteiger partial charge in [-0.3, -0.25) is 4.79 Å². The van der Waals surface area contributed by atoms with Crippen molar-refractivity contribution in [2.75, 3.05) is 0 Å². The zero-order valence-corrected chi connectivity index (χ0v) is 5.44. The fraction of sp³-hybridized carbons (Fsp3) is 0. The van der Waals surface area contributed by atoms with Crippen LogP contribution in [0.1, 0.15) is 15.5 Å². The highest BCUT2D eigenvalue weighted by Crippen LogP contribution is 2.06. The molecule has 3 nitrogen and oxygen atoms in total. The lowest BCUT2D eigenvalue weighted by Gasteiger charge is -1.80. The molecule has 0 aliphatic rings. The predicted molar refractivity (Wildman–Crippen MR) is 35.1 cm³/mol. The molecule has 0 saturated heterocycles. The summed E-state index contributed by atoms with van der Waals surface area (Å²) in [5, 5.41) is 2.00. The lowest BCUT2D eigenvalue weighted by atomic mass is 10.6. The molecule has 0 unspecified atom stereocenters. The molecule has 0 spiro atoms. The van der Waals surface area contributed by atoms with Crippen molar-refractivity contribution in [3.05, 3.63) is 23.0 Å². The molecule has 0 saturated carbocycles. The van der Waals surface area contributed by atoms with Crippen molar-refractivity contribution in [3.63, 3.8) is 0 Å². The van der Waals surface area contributed by atoms with E-state index in [2.05, 4.69) is 11.9 Å². The third kappa shape index (κ3) is 1.26. The quantitative estimate of drug-likeness (QED) is 0.616. The lowest BCUT2D eigenvalue weighted by Crippen LogP contribution is -2.10. The van der Waals surface area contributed by atoms with Crippen molar-refractivity contribution in [2.45, 2.75) is 0 Å². The lowest BCUT2D eigenvalue weighted by molar-refractivity contribution is 0.1000. The van der Waals surface area contributed by atoms with E-state index < -0.39 is 5.91 Å². The van der Waals surface area contributed by atoms with Gasteiger partial charge >= 0.3 is 0 Å². The largest absolute Gasteiger partial charge is 0.364 e. The molecule has 0 bridgehead atoms. The average Bonchev–Trinajstić information content (AvgIpc) is 2.14. The molecule has 9 heavy (non-hydrogen) atoms. The summed E-state index contributed by atoms with van der Waals surface area (Å²) >= 11 is 1.21. The van der Waals surface area contributed by atoms with E-state index >= 15 is 0 Å². The smallest absolute Gasteiger partial charge is 0.277 e. The van der Waals surface area contributed by atoms with Gasteiger partial charge in [0.15, 0.2) is 5.01 Å². The molecule has 0 aliphatic carbocycles. The van der Waals surface area contributed by atoms with Crippen LogP contribution < -0.4 is 5.73 Å². The van der Waals surface area contributed by atoms with Crippen molar-refractivity contribution < 1.29 is 4.79 Å². The number of rotatable bonds is 1. The number of thiazole rings is 1. The number of hydrogen-bond donors (Lipinski definition) is 1. The molecule has 2 N–H and O–H groups in total. The summed E-state index contributed by atoms with van der Waals surface area (Å²) in [5.74, 6) is -0.491. The first-order valence-corrected chi connectivity index (χ1v) is 3.15. The average molecular weight is 141 g/mol. The van der Waals surface area contributed by atoms with Gasteiger partial charge in [0.2, 0.25) is 0 Å². The fourth-order valence-electron chi connectivity index (χ4n) is 0.420. The third-order valence-electron chi connectivity index (χ3n) is 0.763. The van der Waals surface area contributed by atoms with E-state index in [9.17, 15) is 4.79 Å². The monoisotopic (exact) mass is 141 g/mol. The van der Waals surface area contributed by atoms with Crippen LogP contribution in [-0.4, -0.2) is 10.9 Å². The Kier molecular flexibility index (Phi) is 1.48. The fourth-order valence-corrected chi connectivity index (χ4v) is 1.01. The van der Waals surface area contributed by atoms with Gasteiger partial charge < -0.3 is 5.73 Å². The van der Waals surface area contributed by atoms with Gasteiger partial charge in [-0.2, -0.15) is 0 Å². The first-order valence-electron chi connectivity index (χ1n) is 2.27. The van der Waals surface area contributed by atoms with Crippen LogP contribution in [0.3, 0.4) is 0 Å². The van der Waals surface area contributed by atoms with Gasteiger partial charge in [-0.1, -0.05) is 0 Å². The third-order valence-corrected chi connectivity index (χ3v) is 1.67. The summed E-state index contributed by atoms with van der Waals surface area (Å²) in [6.45, 7) is 3.52. The van der Waals surface area contributed by atoms with Gasteiger partial charge in [-0.05, 0) is 6.92 Å². The summed E-state index contributed by atoms with van der Waals surface area (Å²) in [6.07, 6.45) is 0. The first kappa shape index (κ1) is 6.22. The number of amides is 1. The number of aromatic nitrogens is 1. The molecule has 0 aromatic carbocycles. The Morgan fingerprint density at radius 1 is 1.89 bits per heavy atom. The Labute approximate surface area is 56.5 Å². The summed E-state index contributed by atoms with van der Waals surface area (Å²) in [5.41, 5.74) is 5.50. The molecule has 1 heterocycles. The van der Waals surface area contributed by atoms with E-state index in [1.165, 1.54) is 11.3 Å². The molecular formula is C5H5N2OS. The normalized spacial score (nSPS) is 9.44. The molecule has 0 aliphatic heterocycles. The van der Waals surface area contributed by atoms with Crippen molar-refractivity contribution >= 4 is 17.2 Å². The first-order chi connectivity index (χ1) is 4.20. The number of nitrogens with two attached hydrogens (primary N) is 1. The Morgan fingerprint density at radius 2 is 2.56 bits per heavy atom. The summed E-state index contributed by atoms with van der Waals surface area (Å²) in [7, 11) is 0. The molecule has 1 aromatic rings. The predicted octanol–water partition coefficient (Wildman–Crippen LogP) is 0.424. The Bertz CT molecular complexity index is 231. The van der Waals surface area contributed by atoms with Crippen LogP contribution in [0.25, 0.3) is 0 Å². The second-order valence-corrected chi connectivity index (χ2v) is 2.37. The topological polar surface area (TPSA) is 56.0 Å². The van der Waals surface area contributed by atoms with Crippen molar-refractivity contribution in [1.29, 1.82) is 0 Å². The minimum atomic E-state index is -0.491. The van der Waals surface area contributed by atoms with Crippen LogP contribution in [-0.2, 0) is 0 Å². The zero-order chi connectivity index (χ0) is 6.85. The molecule has 0 atom stereocenters. The van der Waals surface area contributed by atoms with Crippen molar-refractivity contribution in [2.24, 2.45) is 5.73 Å². The highest BCUT2D eigenvalue weighted by atomic mass is 32.1. The van der Waals surface area contributed by atoms with Gasteiger partial charge in [0.1, 0.15) is 0 Å². The van der Waals surface area contributed by atoms with E-state index in [0.717, 1.165) is 0 Å².